The molecule has 0 saturated heterocycles. The van der Waals surface area contributed by atoms with E-state index in [0.29, 0.717) is 17.6 Å². The summed E-state index contributed by atoms with van der Waals surface area (Å²) in [6.07, 6.45) is 4.24. The van der Waals surface area contributed by atoms with E-state index in [1.54, 1.807) is 24.5 Å². The molecule has 0 spiro atoms. The first-order valence-electron chi connectivity index (χ1n) is 7.11. The summed E-state index contributed by atoms with van der Waals surface area (Å²) in [5.41, 5.74) is 9.43. The molecule has 4 nitrogen and oxygen atoms in total. The molecule has 5 heteroatoms. The third kappa shape index (κ3) is 2.45. The second kappa shape index (κ2) is 5.60. The maximum atomic E-state index is 13.0. The van der Waals surface area contributed by atoms with Crippen molar-refractivity contribution in [1.29, 1.82) is 0 Å². The van der Waals surface area contributed by atoms with Crippen LogP contribution in [0.2, 0.25) is 0 Å². The van der Waals surface area contributed by atoms with Crippen molar-refractivity contribution >= 4 is 16.9 Å². The molecule has 0 atom stereocenters. The molecule has 0 saturated carbocycles. The Morgan fingerprint density at radius 1 is 1.27 bits per heavy atom. The number of hydrogen-bond acceptors (Lipinski definition) is 2. The molecule has 0 radical (unpaired) electrons. The highest BCUT2D eigenvalue weighted by Gasteiger charge is 2.16. The van der Waals surface area contributed by atoms with Crippen LogP contribution in [-0.2, 0) is 13.0 Å². The Kier molecular flexibility index (Phi) is 3.63. The zero-order valence-corrected chi connectivity index (χ0v) is 12.2. The molecule has 0 aliphatic heterocycles. The van der Waals surface area contributed by atoms with Gasteiger partial charge in [0.15, 0.2) is 0 Å². The van der Waals surface area contributed by atoms with E-state index in [2.05, 4.69) is 4.98 Å². The SMILES string of the molecule is CCc1ccnc2c(C(N)=O)cn(Cc3ccc(F)cc3)c12. The maximum Gasteiger partial charge on any atom is 0.252 e. The minimum absolute atomic E-state index is 0.269. The smallest absolute Gasteiger partial charge is 0.252 e. The predicted molar refractivity (Wildman–Crippen MR) is 83.1 cm³/mol. The van der Waals surface area contributed by atoms with Gasteiger partial charge in [-0.25, -0.2) is 4.39 Å². The Hall–Kier alpha value is -2.69. The van der Waals surface area contributed by atoms with Crippen LogP contribution in [0.25, 0.3) is 11.0 Å². The summed E-state index contributed by atoms with van der Waals surface area (Å²) in [5, 5.41) is 0. The van der Waals surface area contributed by atoms with E-state index < -0.39 is 5.91 Å². The number of benzene rings is 1. The van der Waals surface area contributed by atoms with Crippen molar-refractivity contribution < 1.29 is 9.18 Å². The fraction of sp³-hybridized carbons (Fsp3) is 0.176. The second-order valence-corrected chi connectivity index (χ2v) is 5.18. The van der Waals surface area contributed by atoms with Crippen molar-refractivity contribution in [2.24, 2.45) is 5.73 Å². The lowest BCUT2D eigenvalue weighted by Crippen LogP contribution is -2.10. The number of aromatic nitrogens is 2. The fourth-order valence-electron chi connectivity index (χ4n) is 2.67. The number of fused-ring (bicyclic) bond motifs is 1. The highest BCUT2D eigenvalue weighted by atomic mass is 19.1. The quantitative estimate of drug-likeness (QED) is 0.805. The van der Waals surface area contributed by atoms with E-state index in [1.165, 1.54) is 12.1 Å². The Bertz CT molecular complexity index is 837. The van der Waals surface area contributed by atoms with E-state index in [-0.39, 0.29) is 5.82 Å². The summed E-state index contributed by atoms with van der Waals surface area (Å²) in [7, 11) is 0. The van der Waals surface area contributed by atoms with Crippen LogP contribution >= 0.6 is 0 Å². The predicted octanol–water partition coefficient (Wildman–Crippen LogP) is 2.89. The van der Waals surface area contributed by atoms with Crippen molar-refractivity contribution in [3.05, 3.63) is 65.2 Å². The van der Waals surface area contributed by atoms with Crippen LogP contribution in [0.3, 0.4) is 0 Å². The lowest BCUT2D eigenvalue weighted by atomic mass is 10.1. The van der Waals surface area contributed by atoms with Gasteiger partial charge in [-0.3, -0.25) is 9.78 Å². The minimum atomic E-state index is -0.497. The van der Waals surface area contributed by atoms with Gasteiger partial charge in [-0.2, -0.15) is 0 Å². The van der Waals surface area contributed by atoms with Crippen LogP contribution < -0.4 is 5.73 Å². The molecule has 0 bridgehead atoms. The van der Waals surface area contributed by atoms with E-state index >= 15 is 0 Å². The number of carbonyl (C=O) groups is 1. The zero-order chi connectivity index (χ0) is 15.7. The van der Waals surface area contributed by atoms with Gasteiger partial charge in [-0.05, 0) is 35.7 Å². The number of nitrogens with zero attached hydrogens (tertiary/aromatic N) is 2. The summed E-state index contributed by atoms with van der Waals surface area (Å²) in [6.45, 7) is 2.58. The molecule has 0 unspecified atom stereocenters. The lowest BCUT2D eigenvalue weighted by molar-refractivity contribution is 0.100. The van der Waals surface area contributed by atoms with Crippen LogP contribution in [0.4, 0.5) is 4.39 Å². The van der Waals surface area contributed by atoms with Gasteiger partial charge >= 0.3 is 0 Å². The van der Waals surface area contributed by atoms with E-state index in [0.717, 1.165) is 23.1 Å². The molecular weight excluding hydrogens is 281 g/mol. The third-order valence-electron chi connectivity index (χ3n) is 3.75. The highest BCUT2D eigenvalue weighted by molar-refractivity contribution is 6.05. The minimum Gasteiger partial charge on any atom is -0.365 e. The Morgan fingerprint density at radius 2 is 2.00 bits per heavy atom. The van der Waals surface area contributed by atoms with E-state index in [1.807, 2.05) is 17.6 Å². The van der Waals surface area contributed by atoms with Gasteiger partial charge in [0.2, 0.25) is 0 Å². The normalized spacial score (nSPS) is 11.0. The van der Waals surface area contributed by atoms with Gasteiger partial charge in [0, 0.05) is 18.9 Å². The molecule has 2 aromatic heterocycles. The Labute approximate surface area is 127 Å². The van der Waals surface area contributed by atoms with Crippen LogP contribution in [0.15, 0.2) is 42.7 Å². The number of rotatable bonds is 4. The highest BCUT2D eigenvalue weighted by Crippen LogP contribution is 2.24. The summed E-state index contributed by atoms with van der Waals surface area (Å²) in [6, 6.07) is 8.25. The van der Waals surface area contributed by atoms with Gasteiger partial charge in [0.05, 0.1) is 11.1 Å². The number of aryl methyl sites for hydroxylation is 1. The molecule has 22 heavy (non-hydrogen) atoms. The van der Waals surface area contributed by atoms with Crippen LogP contribution in [0, 0.1) is 5.82 Å². The van der Waals surface area contributed by atoms with E-state index in [9.17, 15) is 9.18 Å². The van der Waals surface area contributed by atoms with Crippen molar-refractivity contribution in [2.45, 2.75) is 19.9 Å². The molecule has 2 N–H and O–H groups in total. The molecular formula is C17H16FN3O. The number of halogens is 1. The fourth-order valence-corrected chi connectivity index (χ4v) is 2.67. The number of nitrogens with two attached hydrogens (primary N) is 1. The topological polar surface area (TPSA) is 60.9 Å². The summed E-state index contributed by atoms with van der Waals surface area (Å²) in [4.78, 5) is 16.0. The first-order chi connectivity index (χ1) is 10.6. The lowest BCUT2D eigenvalue weighted by Gasteiger charge is -2.08. The summed E-state index contributed by atoms with van der Waals surface area (Å²) < 4.78 is 15.0. The number of pyridine rings is 1. The molecule has 1 amide bonds. The second-order valence-electron chi connectivity index (χ2n) is 5.18. The molecule has 112 valence electrons. The van der Waals surface area contributed by atoms with Gasteiger partial charge in [0.25, 0.3) is 5.91 Å². The number of hydrogen-bond donors (Lipinski definition) is 1. The van der Waals surface area contributed by atoms with Crippen molar-refractivity contribution in [3.63, 3.8) is 0 Å². The van der Waals surface area contributed by atoms with Crippen LogP contribution in [0.1, 0.15) is 28.4 Å². The Balaban J connectivity index is 2.15. The van der Waals surface area contributed by atoms with Gasteiger partial charge in [-0.1, -0.05) is 19.1 Å². The molecule has 3 aromatic rings. The van der Waals surface area contributed by atoms with Crippen molar-refractivity contribution in [2.75, 3.05) is 0 Å². The summed E-state index contributed by atoms with van der Waals surface area (Å²) in [5.74, 6) is -0.765. The molecule has 0 aliphatic rings. The molecule has 0 fully saturated rings. The molecule has 1 aromatic carbocycles. The van der Waals surface area contributed by atoms with Gasteiger partial charge < -0.3 is 10.3 Å². The van der Waals surface area contributed by atoms with Gasteiger partial charge in [-0.15, -0.1) is 0 Å². The molecule has 3 rings (SSSR count). The average molecular weight is 297 g/mol. The Morgan fingerprint density at radius 3 is 2.64 bits per heavy atom. The first kappa shape index (κ1) is 14.3. The molecule has 0 aliphatic carbocycles. The van der Waals surface area contributed by atoms with E-state index in [4.69, 9.17) is 5.73 Å². The van der Waals surface area contributed by atoms with Gasteiger partial charge in [0.1, 0.15) is 11.3 Å². The number of primary amides is 1. The van der Waals surface area contributed by atoms with Crippen LogP contribution in [0.5, 0.6) is 0 Å². The van der Waals surface area contributed by atoms with Crippen molar-refractivity contribution in [1.82, 2.24) is 9.55 Å². The zero-order valence-electron chi connectivity index (χ0n) is 12.2. The average Bonchev–Trinajstić information content (AvgIpc) is 2.88. The van der Waals surface area contributed by atoms with Crippen LogP contribution in [-0.4, -0.2) is 15.5 Å². The third-order valence-corrected chi connectivity index (χ3v) is 3.75. The first-order valence-corrected chi connectivity index (χ1v) is 7.11. The monoisotopic (exact) mass is 297 g/mol. The van der Waals surface area contributed by atoms with Crippen molar-refractivity contribution in [3.8, 4) is 0 Å². The number of amides is 1. The standard InChI is InChI=1S/C17H16FN3O/c1-2-12-7-8-20-15-14(17(19)22)10-21(16(12)15)9-11-3-5-13(18)6-4-11/h3-8,10H,2,9H2,1H3,(H2,19,22). The largest absolute Gasteiger partial charge is 0.365 e. The molecule has 2 heterocycles. The summed E-state index contributed by atoms with van der Waals surface area (Å²) >= 11 is 0. The maximum absolute atomic E-state index is 13.0. The number of carbonyl (C=O) groups excluding carboxylic acids is 1.